The van der Waals surface area contributed by atoms with E-state index < -0.39 is 7.12 Å². The third-order valence-electron chi connectivity index (χ3n) is 6.59. The minimum Gasteiger partial charge on any atom is -0.399 e. The molecule has 4 rings (SSSR count). The van der Waals surface area contributed by atoms with E-state index in [1.807, 2.05) is 23.1 Å². The van der Waals surface area contributed by atoms with Crippen molar-refractivity contribution in [3.8, 4) is 0 Å². The molecule has 2 aliphatic rings. The zero-order valence-electron chi connectivity index (χ0n) is 17.8. The zero-order valence-corrected chi connectivity index (χ0v) is 17.8. The number of fused-ring (bicyclic) bond motifs is 1. The Hall–Kier alpha value is -2.18. The molecule has 2 fully saturated rings. The minimum atomic E-state index is -0.409. The summed E-state index contributed by atoms with van der Waals surface area (Å²) in [5.41, 5.74) is 1.10. The van der Waals surface area contributed by atoms with Crippen molar-refractivity contribution in [3.05, 3.63) is 42.0 Å². The molecule has 2 aliphatic heterocycles. The molecule has 152 valence electrons. The molecule has 0 aromatic heterocycles. The van der Waals surface area contributed by atoms with Gasteiger partial charge in [-0.1, -0.05) is 36.8 Å². The van der Waals surface area contributed by atoms with E-state index in [0.29, 0.717) is 11.7 Å². The molecular formula is C23H30BN3O2. The topological polar surface area (TPSA) is 69.4 Å². The summed E-state index contributed by atoms with van der Waals surface area (Å²) in [4.78, 5) is 1.85. The van der Waals surface area contributed by atoms with E-state index in [0.717, 1.165) is 54.0 Å². The minimum absolute atomic E-state index is 0.380. The fourth-order valence-electron chi connectivity index (χ4n) is 4.04. The molecule has 0 saturated carbocycles. The molecule has 29 heavy (non-hydrogen) atoms. The van der Waals surface area contributed by atoms with E-state index in [1.54, 1.807) is 0 Å². The first-order valence-electron chi connectivity index (χ1n) is 10.5. The maximum atomic E-state index is 8.69. The Morgan fingerprint density at radius 1 is 1.00 bits per heavy atom. The van der Waals surface area contributed by atoms with E-state index in [9.17, 15) is 0 Å². The summed E-state index contributed by atoms with van der Waals surface area (Å²) in [6.45, 7) is 9.01. The molecule has 2 heterocycles. The lowest BCUT2D eigenvalue weighted by atomic mass is 9.76. The number of benzene rings is 2. The van der Waals surface area contributed by atoms with Crippen LogP contribution in [0.1, 0.15) is 58.9 Å². The Balaban J connectivity index is 1.66. The van der Waals surface area contributed by atoms with Crippen molar-refractivity contribution in [2.24, 2.45) is 0 Å². The number of hydrogen-bond donors (Lipinski definition) is 2. The molecule has 2 aromatic carbocycles. The Labute approximate surface area is 173 Å². The summed E-state index contributed by atoms with van der Waals surface area (Å²) in [5.74, 6) is 0.971. The third-order valence-corrected chi connectivity index (χ3v) is 6.59. The first-order valence-corrected chi connectivity index (χ1v) is 10.5. The zero-order chi connectivity index (χ0) is 20.8. The predicted octanol–water partition coefficient (Wildman–Crippen LogP) is 4.32. The van der Waals surface area contributed by atoms with E-state index in [1.165, 1.54) is 0 Å². The highest BCUT2D eigenvalue weighted by Crippen LogP contribution is 2.37. The van der Waals surface area contributed by atoms with Gasteiger partial charge in [-0.3, -0.25) is 10.8 Å². The Morgan fingerprint density at radius 3 is 2.45 bits per heavy atom. The molecule has 0 radical (unpaired) electrons. The van der Waals surface area contributed by atoms with Crippen molar-refractivity contribution >= 4 is 35.0 Å². The number of likely N-dealkylation sites (tertiary alicyclic amines) is 1. The number of nitrogens with zero attached hydrogens (tertiary/aromatic N) is 1. The van der Waals surface area contributed by atoms with Gasteiger partial charge in [0.25, 0.3) is 0 Å². The number of rotatable bonds is 2. The van der Waals surface area contributed by atoms with Gasteiger partial charge in [0.1, 0.15) is 11.7 Å². The second-order valence-corrected chi connectivity index (χ2v) is 9.13. The molecule has 0 bridgehead atoms. The van der Waals surface area contributed by atoms with Crippen LogP contribution in [0.5, 0.6) is 0 Å². The lowest BCUT2D eigenvalue weighted by molar-refractivity contribution is 0.00578. The summed E-state index contributed by atoms with van der Waals surface area (Å²) in [6.07, 6.45) is 3.95. The first-order chi connectivity index (χ1) is 13.7. The van der Waals surface area contributed by atoms with Crippen LogP contribution in [0.25, 0.3) is 10.8 Å². The van der Waals surface area contributed by atoms with Gasteiger partial charge in [-0.05, 0) is 62.8 Å². The molecule has 0 amide bonds. The average molecular weight is 391 g/mol. The van der Waals surface area contributed by atoms with Gasteiger partial charge in [-0.25, -0.2) is 0 Å². The van der Waals surface area contributed by atoms with Crippen LogP contribution >= 0.6 is 0 Å². The monoisotopic (exact) mass is 391 g/mol. The molecule has 0 atom stereocenters. The van der Waals surface area contributed by atoms with Gasteiger partial charge in [-0.2, -0.15) is 0 Å². The average Bonchev–Trinajstić information content (AvgIpc) is 2.80. The summed E-state index contributed by atoms with van der Waals surface area (Å²) < 4.78 is 12.5. The molecule has 2 saturated heterocycles. The van der Waals surface area contributed by atoms with E-state index in [-0.39, 0.29) is 11.2 Å². The van der Waals surface area contributed by atoms with Crippen LogP contribution in [0.2, 0.25) is 0 Å². The van der Waals surface area contributed by atoms with Crippen molar-refractivity contribution in [1.29, 1.82) is 10.8 Å². The fraction of sp³-hybridized carbons (Fsp3) is 0.478. The summed E-state index contributed by atoms with van der Waals surface area (Å²) in [7, 11) is -0.409. The van der Waals surface area contributed by atoms with E-state index in [4.69, 9.17) is 20.1 Å². The van der Waals surface area contributed by atoms with Crippen molar-refractivity contribution in [2.45, 2.75) is 64.6 Å². The van der Waals surface area contributed by atoms with Crippen molar-refractivity contribution in [1.82, 2.24) is 4.90 Å². The maximum Gasteiger partial charge on any atom is 0.495 e. The fourth-order valence-corrected chi connectivity index (χ4v) is 4.04. The van der Waals surface area contributed by atoms with Gasteiger partial charge < -0.3 is 14.2 Å². The van der Waals surface area contributed by atoms with Crippen molar-refractivity contribution in [2.75, 3.05) is 6.54 Å². The summed E-state index contributed by atoms with van der Waals surface area (Å²) in [5, 5.41) is 19.1. The highest BCUT2D eigenvalue weighted by molar-refractivity contribution is 6.65. The highest BCUT2D eigenvalue weighted by atomic mass is 16.7. The smallest absolute Gasteiger partial charge is 0.399 e. The standard InChI is InChI=1S/C23H30BN3O2/c1-22(2)23(3,4)29-24(28-22)19-10-8-9-16-15-17(12-13-18(16)19)21(26)27-14-7-5-6-11-20(27)25/h8-10,12-13,15,25-26H,5-7,11,14H2,1-4H3. The highest BCUT2D eigenvalue weighted by Gasteiger charge is 2.52. The Bertz CT molecular complexity index is 954. The van der Waals surface area contributed by atoms with Crippen LogP contribution in [0.4, 0.5) is 0 Å². The molecular weight excluding hydrogens is 361 g/mol. The molecule has 0 aliphatic carbocycles. The van der Waals surface area contributed by atoms with Gasteiger partial charge in [-0.15, -0.1) is 0 Å². The lowest BCUT2D eigenvalue weighted by Gasteiger charge is -2.32. The van der Waals surface area contributed by atoms with Crippen LogP contribution in [0.3, 0.4) is 0 Å². The summed E-state index contributed by atoms with van der Waals surface area (Å²) in [6, 6.07) is 12.2. The second kappa shape index (κ2) is 7.26. The van der Waals surface area contributed by atoms with Gasteiger partial charge in [0.15, 0.2) is 0 Å². The van der Waals surface area contributed by atoms with Gasteiger partial charge in [0.2, 0.25) is 0 Å². The maximum absolute atomic E-state index is 8.69. The van der Waals surface area contributed by atoms with Crippen LogP contribution < -0.4 is 5.46 Å². The van der Waals surface area contributed by atoms with Gasteiger partial charge in [0.05, 0.1) is 11.2 Å². The second-order valence-electron chi connectivity index (χ2n) is 9.13. The van der Waals surface area contributed by atoms with E-state index >= 15 is 0 Å². The van der Waals surface area contributed by atoms with Crippen LogP contribution in [0, 0.1) is 10.8 Å². The quantitative estimate of drug-likeness (QED) is 0.455. The molecule has 0 spiro atoms. The van der Waals surface area contributed by atoms with Crippen LogP contribution in [-0.2, 0) is 9.31 Å². The predicted molar refractivity (Wildman–Crippen MR) is 119 cm³/mol. The largest absolute Gasteiger partial charge is 0.495 e. The Kier molecular flexibility index (Phi) is 5.03. The van der Waals surface area contributed by atoms with Crippen LogP contribution in [-0.4, -0.2) is 41.4 Å². The number of hydrogen-bond acceptors (Lipinski definition) is 4. The first kappa shape index (κ1) is 20.1. The van der Waals surface area contributed by atoms with E-state index in [2.05, 4.69) is 45.9 Å². The third kappa shape index (κ3) is 3.60. The molecule has 2 aromatic rings. The van der Waals surface area contributed by atoms with Gasteiger partial charge >= 0.3 is 7.12 Å². The molecule has 2 N–H and O–H groups in total. The lowest BCUT2D eigenvalue weighted by Crippen LogP contribution is -2.41. The molecule has 5 nitrogen and oxygen atoms in total. The number of amidine groups is 2. The number of nitrogens with one attached hydrogen (secondary N) is 2. The Morgan fingerprint density at radius 2 is 1.72 bits per heavy atom. The molecule has 0 unspecified atom stereocenters. The summed E-state index contributed by atoms with van der Waals surface area (Å²) >= 11 is 0. The van der Waals surface area contributed by atoms with Crippen LogP contribution in [0.15, 0.2) is 36.4 Å². The SMILES string of the molecule is CC1(C)OB(c2cccc3cc(C(=N)N4CCCCCC4=N)ccc23)OC1(C)C. The van der Waals surface area contributed by atoms with Crippen molar-refractivity contribution < 1.29 is 9.31 Å². The van der Waals surface area contributed by atoms with Gasteiger partial charge in [0, 0.05) is 18.5 Å². The normalized spacial score (nSPS) is 21.4. The molecule has 6 heteroatoms. The van der Waals surface area contributed by atoms with Crippen molar-refractivity contribution in [3.63, 3.8) is 0 Å².